The highest BCUT2D eigenvalue weighted by molar-refractivity contribution is 7.92. The van der Waals surface area contributed by atoms with Gasteiger partial charge in [-0.25, -0.2) is 9.78 Å². The fourth-order valence-electron chi connectivity index (χ4n) is 1.48. The van der Waals surface area contributed by atoms with Gasteiger partial charge in [-0.3, -0.25) is 4.72 Å². The van der Waals surface area contributed by atoms with Crippen LogP contribution in [0.2, 0.25) is 10.3 Å². The number of rotatable bonds is 4. The molecule has 112 valence electrons. The standard InChI is InChI=1S/C11H8Cl2N2O5S/c1-5-4-7(12)14-10(13)9(5)15-21(18,19)8-3-2-6(20-8)11(16)17/h2-4,15H,1H3,(H,16,17). The van der Waals surface area contributed by atoms with Crippen molar-refractivity contribution in [1.82, 2.24) is 4.98 Å². The lowest BCUT2D eigenvalue weighted by atomic mass is 10.3. The maximum absolute atomic E-state index is 12.1. The van der Waals surface area contributed by atoms with Gasteiger partial charge in [-0.15, -0.1) is 0 Å². The van der Waals surface area contributed by atoms with Crippen molar-refractivity contribution in [1.29, 1.82) is 0 Å². The van der Waals surface area contributed by atoms with Gasteiger partial charge in [-0.1, -0.05) is 23.2 Å². The molecular formula is C11H8Cl2N2O5S. The Kier molecular flexibility index (Phi) is 4.13. The minimum absolute atomic E-state index is 0.0364. The van der Waals surface area contributed by atoms with Crippen molar-refractivity contribution >= 4 is 44.9 Å². The summed E-state index contributed by atoms with van der Waals surface area (Å²) in [5, 5.41) is 8.15. The number of aryl methyl sites for hydroxylation is 1. The molecule has 0 aliphatic carbocycles. The van der Waals surface area contributed by atoms with Crippen LogP contribution in [-0.2, 0) is 10.0 Å². The molecule has 2 aromatic rings. The number of aromatic carboxylic acids is 1. The van der Waals surface area contributed by atoms with Crippen LogP contribution in [-0.4, -0.2) is 24.5 Å². The summed E-state index contributed by atoms with van der Waals surface area (Å²) in [4.78, 5) is 14.4. The Morgan fingerprint density at radius 1 is 1.38 bits per heavy atom. The monoisotopic (exact) mass is 350 g/mol. The Labute approximate surface area is 129 Å². The van der Waals surface area contributed by atoms with Crippen molar-refractivity contribution in [3.8, 4) is 0 Å². The first kappa shape index (κ1) is 15.6. The molecule has 0 unspecified atom stereocenters. The van der Waals surface area contributed by atoms with Crippen LogP contribution in [0.5, 0.6) is 0 Å². The molecule has 0 aliphatic rings. The van der Waals surface area contributed by atoms with Crippen molar-refractivity contribution < 1.29 is 22.7 Å². The van der Waals surface area contributed by atoms with Crippen LogP contribution in [0, 0.1) is 6.92 Å². The van der Waals surface area contributed by atoms with Crippen molar-refractivity contribution in [3.05, 3.63) is 39.8 Å². The lowest BCUT2D eigenvalue weighted by Gasteiger charge is -2.10. The molecule has 10 heteroatoms. The van der Waals surface area contributed by atoms with Gasteiger partial charge in [-0.05, 0) is 30.7 Å². The van der Waals surface area contributed by atoms with E-state index in [1.54, 1.807) is 6.92 Å². The molecule has 21 heavy (non-hydrogen) atoms. The predicted octanol–water partition coefficient (Wildman–Crippen LogP) is 2.79. The number of aromatic nitrogens is 1. The number of nitrogens with zero attached hydrogens (tertiary/aromatic N) is 1. The third-order valence-electron chi connectivity index (χ3n) is 2.43. The van der Waals surface area contributed by atoms with Crippen LogP contribution in [0.4, 0.5) is 5.69 Å². The fourth-order valence-corrected chi connectivity index (χ4v) is 3.19. The molecule has 2 heterocycles. The summed E-state index contributed by atoms with van der Waals surface area (Å²) in [6.45, 7) is 1.59. The number of carbonyl (C=O) groups is 1. The molecule has 0 amide bonds. The summed E-state index contributed by atoms with van der Waals surface area (Å²) in [6, 6.07) is 3.49. The summed E-state index contributed by atoms with van der Waals surface area (Å²) in [5.74, 6) is -1.87. The first-order valence-electron chi connectivity index (χ1n) is 5.39. The van der Waals surface area contributed by atoms with E-state index in [9.17, 15) is 13.2 Å². The quantitative estimate of drug-likeness (QED) is 0.820. The lowest BCUT2D eigenvalue weighted by molar-refractivity contribution is 0.0656. The van der Waals surface area contributed by atoms with Gasteiger partial charge in [0.25, 0.3) is 10.0 Å². The highest BCUT2D eigenvalue weighted by atomic mass is 35.5. The van der Waals surface area contributed by atoms with Crippen LogP contribution in [0.25, 0.3) is 0 Å². The second-order valence-corrected chi connectivity index (χ2v) is 6.32. The first-order chi connectivity index (χ1) is 9.70. The largest absolute Gasteiger partial charge is 0.475 e. The summed E-state index contributed by atoms with van der Waals surface area (Å²) >= 11 is 11.5. The van der Waals surface area contributed by atoms with Crippen LogP contribution < -0.4 is 4.72 Å². The number of hydrogen-bond acceptors (Lipinski definition) is 5. The van der Waals surface area contributed by atoms with Crippen LogP contribution >= 0.6 is 23.2 Å². The van der Waals surface area contributed by atoms with Crippen molar-refractivity contribution in [2.24, 2.45) is 0 Å². The van der Waals surface area contributed by atoms with E-state index in [1.165, 1.54) is 6.07 Å². The number of carboxylic acids is 1. The zero-order valence-corrected chi connectivity index (χ0v) is 12.8. The van der Waals surface area contributed by atoms with E-state index in [2.05, 4.69) is 9.71 Å². The molecule has 7 nitrogen and oxygen atoms in total. The van der Waals surface area contributed by atoms with E-state index in [4.69, 9.17) is 32.7 Å². The summed E-state index contributed by atoms with van der Waals surface area (Å²) in [6.07, 6.45) is 0. The van der Waals surface area contributed by atoms with Crippen molar-refractivity contribution in [2.75, 3.05) is 4.72 Å². The topological polar surface area (TPSA) is 110 Å². The molecule has 0 radical (unpaired) electrons. The average Bonchev–Trinajstić information content (AvgIpc) is 2.84. The summed E-state index contributed by atoms with van der Waals surface area (Å²) < 4.78 is 31.1. The molecule has 0 atom stereocenters. The van der Waals surface area contributed by atoms with Gasteiger partial charge < -0.3 is 9.52 Å². The number of sulfonamides is 1. The zero-order valence-electron chi connectivity index (χ0n) is 10.4. The normalized spacial score (nSPS) is 11.4. The summed E-state index contributed by atoms with van der Waals surface area (Å²) in [5.41, 5.74) is 0.489. The maximum atomic E-state index is 12.1. The zero-order chi connectivity index (χ0) is 15.8. The minimum atomic E-state index is -4.13. The van der Waals surface area contributed by atoms with E-state index >= 15 is 0 Å². The molecule has 0 fully saturated rings. The molecule has 0 spiro atoms. The molecule has 0 bridgehead atoms. The smallest absolute Gasteiger partial charge is 0.371 e. The second kappa shape index (κ2) is 5.55. The van der Waals surface area contributed by atoms with Gasteiger partial charge in [0.1, 0.15) is 5.15 Å². The Morgan fingerprint density at radius 2 is 2.05 bits per heavy atom. The molecule has 0 aliphatic heterocycles. The number of anilines is 1. The highest BCUT2D eigenvalue weighted by Crippen LogP contribution is 2.29. The Morgan fingerprint density at radius 3 is 2.57 bits per heavy atom. The number of furan rings is 1. The van der Waals surface area contributed by atoms with Gasteiger partial charge in [0, 0.05) is 0 Å². The van der Waals surface area contributed by atoms with Gasteiger partial charge in [0.2, 0.25) is 10.9 Å². The molecule has 2 N–H and O–H groups in total. The number of carboxylic acid groups (broad SMARTS) is 1. The third kappa shape index (κ3) is 3.29. The lowest BCUT2D eigenvalue weighted by Crippen LogP contribution is -2.14. The second-order valence-electron chi connectivity index (χ2n) is 3.96. The Hall–Kier alpha value is -1.77. The Bertz CT molecular complexity index is 793. The molecule has 2 aromatic heterocycles. The molecular weight excluding hydrogens is 343 g/mol. The first-order valence-corrected chi connectivity index (χ1v) is 7.63. The highest BCUT2D eigenvalue weighted by Gasteiger charge is 2.23. The van der Waals surface area contributed by atoms with Crippen LogP contribution in [0.3, 0.4) is 0 Å². The van der Waals surface area contributed by atoms with Gasteiger partial charge in [0.05, 0.1) is 5.69 Å². The molecule has 0 saturated heterocycles. The molecule has 0 aromatic carbocycles. The van der Waals surface area contributed by atoms with E-state index in [0.29, 0.717) is 5.56 Å². The van der Waals surface area contributed by atoms with Crippen LogP contribution in [0.15, 0.2) is 27.7 Å². The predicted molar refractivity (Wildman–Crippen MR) is 75.5 cm³/mol. The van der Waals surface area contributed by atoms with E-state index in [1.807, 2.05) is 0 Å². The molecule has 0 saturated carbocycles. The number of pyridine rings is 1. The van der Waals surface area contributed by atoms with Gasteiger partial charge >= 0.3 is 5.97 Å². The van der Waals surface area contributed by atoms with Crippen molar-refractivity contribution in [2.45, 2.75) is 12.0 Å². The maximum Gasteiger partial charge on any atom is 0.371 e. The number of halogens is 2. The summed E-state index contributed by atoms with van der Waals surface area (Å²) in [7, 11) is -4.13. The fraction of sp³-hybridized carbons (Fsp3) is 0.0909. The SMILES string of the molecule is Cc1cc(Cl)nc(Cl)c1NS(=O)(=O)c1ccc(C(=O)O)o1. The molecule has 2 rings (SSSR count). The Balaban J connectivity index is 2.40. The van der Waals surface area contributed by atoms with E-state index in [0.717, 1.165) is 12.1 Å². The van der Waals surface area contributed by atoms with Crippen LogP contribution in [0.1, 0.15) is 16.1 Å². The minimum Gasteiger partial charge on any atom is -0.475 e. The van der Waals surface area contributed by atoms with Gasteiger partial charge in [0.15, 0.2) is 5.15 Å². The van der Waals surface area contributed by atoms with Crippen molar-refractivity contribution in [3.63, 3.8) is 0 Å². The number of nitrogens with one attached hydrogen (secondary N) is 1. The third-order valence-corrected chi connectivity index (χ3v) is 4.12. The van der Waals surface area contributed by atoms with E-state index in [-0.39, 0.29) is 16.0 Å². The number of hydrogen-bond donors (Lipinski definition) is 2. The van der Waals surface area contributed by atoms with Gasteiger partial charge in [-0.2, -0.15) is 8.42 Å². The average molecular weight is 351 g/mol. The van der Waals surface area contributed by atoms with E-state index < -0.39 is 26.8 Å².